The topological polar surface area (TPSA) is 49.8 Å². The Morgan fingerprint density at radius 3 is 2.48 bits per heavy atom. The third-order valence-electron chi connectivity index (χ3n) is 4.97. The van der Waals surface area contributed by atoms with Crippen molar-refractivity contribution in [3.8, 4) is 5.75 Å². The Morgan fingerprint density at radius 1 is 1.04 bits per heavy atom. The van der Waals surface area contributed by atoms with Gasteiger partial charge < -0.3 is 14.7 Å². The predicted molar refractivity (Wildman–Crippen MR) is 110 cm³/mol. The Morgan fingerprint density at radius 2 is 1.78 bits per heavy atom. The number of ether oxygens (including phenoxy) is 1. The highest BCUT2D eigenvalue weighted by Crippen LogP contribution is 2.29. The maximum atomic E-state index is 11.6. The molecule has 0 radical (unpaired) electrons. The third kappa shape index (κ3) is 3.90. The van der Waals surface area contributed by atoms with Crippen LogP contribution < -0.4 is 9.64 Å². The highest BCUT2D eigenvalue weighted by atomic mass is 16.5. The second-order valence-electron chi connectivity index (χ2n) is 6.53. The second kappa shape index (κ2) is 8.12. The molecular formula is C23H25NO3. The second-order valence-corrected chi connectivity index (χ2v) is 6.53. The Kier molecular flexibility index (Phi) is 5.65. The van der Waals surface area contributed by atoms with Gasteiger partial charge in [0.15, 0.2) is 0 Å². The standard InChI is InChI=1S/C23H25NO3/c1-4-24(5-2)18-12-13-20(23(25)26)22(14-18)27-15-21-16(3)10-11-17-8-6-7-9-19(17)21/h6-14H,4-5,15H2,1-3H3,(H,25,26). The molecule has 0 unspecified atom stereocenters. The van der Waals surface area contributed by atoms with E-state index in [1.807, 2.05) is 24.3 Å². The van der Waals surface area contributed by atoms with E-state index in [9.17, 15) is 9.90 Å². The number of hydrogen-bond donors (Lipinski definition) is 1. The van der Waals surface area contributed by atoms with Crippen LogP contribution in [0.2, 0.25) is 0 Å². The molecule has 0 aliphatic carbocycles. The number of hydrogen-bond acceptors (Lipinski definition) is 3. The minimum absolute atomic E-state index is 0.184. The van der Waals surface area contributed by atoms with Gasteiger partial charge in [-0.1, -0.05) is 36.4 Å². The summed E-state index contributed by atoms with van der Waals surface area (Å²) in [6.07, 6.45) is 0. The first-order valence-corrected chi connectivity index (χ1v) is 9.27. The van der Waals surface area contributed by atoms with E-state index < -0.39 is 5.97 Å². The molecule has 0 aromatic heterocycles. The molecule has 3 aromatic carbocycles. The molecule has 0 amide bonds. The van der Waals surface area contributed by atoms with Gasteiger partial charge in [-0.25, -0.2) is 4.79 Å². The normalized spacial score (nSPS) is 10.8. The van der Waals surface area contributed by atoms with Crippen LogP contribution in [-0.4, -0.2) is 24.2 Å². The van der Waals surface area contributed by atoms with Gasteiger partial charge in [0.1, 0.15) is 17.9 Å². The predicted octanol–water partition coefficient (Wildman–Crippen LogP) is 5.27. The summed E-state index contributed by atoms with van der Waals surface area (Å²) in [5, 5.41) is 11.8. The molecule has 3 aromatic rings. The van der Waals surface area contributed by atoms with Crippen molar-refractivity contribution in [2.24, 2.45) is 0 Å². The average Bonchev–Trinajstić information content (AvgIpc) is 2.68. The zero-order chi connectivity index (χ0) is 19.4. The fraction of sp³-hybridized carbons (Fsp3) is 0.261. The largest absolute Gasteiger partial charge is 0.488 e. The number of aryl methyl sites for hydroxylation is 1. The van der Waals surface area contributed by atoms with Gasteiger partial charge in [0.2, 0.25) is 0 Å². The van der Waals surface area contributed by atoms with Crippen LogP contribution in [0.1, 0.15) is 35.3 Å². The van der Waals surface area contributed by atoms with Crippen molar-refractivity contribution in [2.45, 2.75) is 27.4 Å². The fourth-order valence-corrected chi connectivity index (χ4v) is 3.38. The Hall–Kier alpha value is -3.01. The monoisotopic (exact) mass is 363 g/mol. The number of rotatable bonds is 7. The quantitative estimate of drug-likeness (QED) is 0.621. The van der Waals surface area contributed by atoms with Crippen LogP contribution >= 0.6 is 0 Å². The lowest BCUT2D eigenvalue weighted by atomic mass is 10.0. The number of anilines is 1. The van der Waals surface area contributed by atoms with E-state index >= 15 is 0 Å². The third-order valence-corrected chi connectivity index (χ3v) is 4.97. The summed E-state index contributed by atoms with van der Waals surface area (Å²) in [7, 11) is 0. The summed E-state index contributed by atoms with van der Waals surface area (Å²) in [5.74, 6) is -0.579. The molecule has 0 bridgehead atoms. The van der Waals surface area contributed by atoms with E-state index in [4.69, 9.17) is 4.74 Å². The van der Waals surface area contributed by atoms with Crippen molar-refractivity contribution < 1.29 is 14.6 Å². The molecule has 0 saturated carbocycles. The first-order chi connectivity index (χ1) is 13.0. The molecule has 0 fully saturated rings. The van der Waals surface area contributed by atoms with Gasteiger partial charge >= 0.3 is 5.97 Å². The number of carboxylic acid groups (broad SMARTS) is 1. The van der Waals surface area contributed by atoms with Crippen LogP contribution in [0.15, 0.2) is 54.6 Å². The lowest BCUT2D eigenvalue weighted by molar-refractivity contribution is 0.0692. The minimum Gasteiger partial charge on any atom is -0.488 e. The summed E-state index contributed by atoms with van der Waals surface area (Å²) >= 11 is 0. The van der Waals surface area contributed by atoms with Crippen LogP contribution in [0.3, 0.4) is 0 Å². The molecule has 0 heterocycles. The van der Waals surface area contributed by atoms with Crippen molar-refractivity contribution in [2.75, 3.05) is 18.0 Å². The van der Waals surface area contributed by atoms with Gasteiger partial charge in [0.25, 0.3) is 0 Å². The van der Waals surface area contributed by atoms with Crippen molar-refractivity contribution in [3.63, 3.8) is 0 Å². The van der Waals surface area contributed by atoms with Crippen molar-refractivity contribution in [1.29, 1.82) is 0 Å². The summed E-state index contributed by atoms with van der Waals surface area (Å²) in [5.41, 5.74) is 3.36. The van der Waals surface area contributed by atoms with E-state index in [1.54, 1.807) is 6.07 Å². The van der Waals surface area contributed by atoms with E-state index in [1.165, 1.54) is 0 Å². The van der Waals surface area contributed by atoms with Crippen LogP contribution in [0.5, 0.6) is 5.75 Å². The lowest BCUT2D eigenvalue weighted by Crippen LogP contribution is -2.22. The van der Waals surface area contributed by atoms with Crippen LogP contribution in [0.25, 0.3) is 10.8 Å². The van der Waals surface area contributed by atoms with Crippen LogP contribution in [0.4, 0.5) is 5.69 Å². The van der Waals surface area contributed by atoms with E-state index in [0.717, 1.165) is 40.7 Å². The Balaban J connectivity index is 1.97. The van der Waals surface area contributed by atoms with Crippen molar-refractivity contribution in [1.82, 2.24) is 0 Å². The maximum absolute atomic E-state index is 11.6. The van der Waals surface area contributed by atoms with Gasteiger partial charge in [0, 0.05) is 30.4 Å². The molecule has 3 rings (SSSR count). The highest BCUT2D eigenvalue weighted by molar-refractivity contribution is 5.91. The van der Waals surface area contributed by atoms with E-state index in [0.29, 0.717) is 12.4 Å². The molecule has 4 heteroatoms. The SMILES string of the molecule is CCN(CC)c1ccc(C(=O)O)c(OCc2c(C)ccc3ccccc23)c1. The van der Waals surface area contributed by atoms with Gasteiger partial charge in [-0.2, -0.15) is 0 Å². The number of carboxylic acids is 1. The zero-order valence-corrected chi connectivity index (χ0v) is 16.0. The van der Waals surface area contributed by atoms with Gasteiger partial charge in [-0.15, -0.1) is 0 Å². The van der Waals surface area contributed by atoms with E-state index in [2.05, 4.69) is 49.9 Å². The minimum atomic E-state index is -0.981. The summed E-state index contributed by atoms with van der Waals surface area (Å²) in [4.78, 5) is 13.8. The van der Waals surface area contributed by atoms with Gasteiger partial charge in [-0.3, -0.25) is 0 Å². The molecule has 0 saturated heterocycles. The summed E-state index contributed by atoms with van der Waals surface area (Å²) in [6, 6.07) is 17.6. The zero-order valence-electron chi connectivity index (χ0n) is 16.0. The molecule has 0 aliphatic rings. The summed E-state index contributed by atoms with van der Waals surface area (Å²) in [6.45, 7) is 8.24. The van der Waals surface area contributed by atoms with Crippen LogP contribution in [-0.2, 0) is 6.61 Å². The molecule has 27 heavy (non-hydrogen) atoms. The molecule has 0 aliphatic heterocycles. The molecule has 0 atom stereocenters. The van der Waals surface area contributed by atoms with Crippen LogP contribution in [0, 0.1) is 6.92 Å². The average molecular weight is 363 g/mol. The number of benzene rings is 3. The summed E-state index contributed by atoms with van der Waals surface area (Å²) < 4.78 is 6.05. The molecule has 1 N–H and O–H groups in total. The molecule has 0 spiro atoms. The Bertz CT molecular complexity index is 961. The smallest absolute Gasteiger partial charge is 0.339 e. The number of carbonyl (C=O) groups is 1. The van der Waals surface area contributed by atoms with E-state index in [-0.39, 0.29) is 5.56 Å². The molecule has 140 valence electrons. The lowest BCUT2D eigenvalue weighted by Gasteiger charge is -2.22. The maximum Gasteiger partial charge on any atom is 0.339 e. The fourth-order valence-electron chi connectivity index (χ4n) is 3.38. The highest BCUT2D eigenvalue weighted by Gasteiger charge is 2.15. The number of aromatic carboxylic acids is 1. The number of fused-ring (bicyclic) bond motifs is 1. The molecule has 4 nitrogen and oxygen atoms in total. The molecular weight excluding hydrogens is 338 g/mol. The van der Waals surface area contributed by atoms with Crippen molar-refractivity contribution in [3.05, 3.63) is 71.3 Å². The van der Waals surface area contributed by atoms with Crippen molar-refractivity contribution >= 4 is 22.4 Å². The first-order valence-electron chi connectivity index (χ1n) is 9.27. The van der Waals surface area contributed by atoms with Gasteiger partial charge in [0.05, 0.1) is 0 Å². The number of nitrogens with zero attached hydrogens (tertiary/aromatic N) is 1. The van der Waals surface area contributed by atoms with Gasteiger partial charge in [-0.05, 0) is 49.2 Å². The Labute approximate surface area is 160 Å². The first kappa shape index (κ1) is 18.8.